The van der Waals surface area contributed by atoms with Gasteiger partial charge in [-0.25, -0.2) is 4.79 Å². The first-order valence-corrected chi connectivity index (χ1v) is 4.53. The van der Waals surface area contributed by atoms with Gasteiger partial charge in [0.15, 0.2) is 5.57 Å². The van der Waals surface area contributed by atoms with Crippen molar-refractivity contribution in [3.05, 3.63) is 11.3 Å². The molecule has 4 heteroatoms. The summed E-state index contributed by atoms with van der Waals surface area (Å²) in [6, 6.07) is 1.66. The highest BCUT2D eigenvalue weighted by atomic mass is 16.5. The minimum atomic E-state index is -1.23. The van der Waals surface area contributed by atoms with Gasteiger partial charge in [-0.2, -0.15) is 5.26 Å². The van der Waals surface area contributed by atoms with Crippen LogP contribution in [0, 0.1) is 17.2 Å². The van der Waals surface area contributed by atoms with Crippen molar-refractivity contribution in [3.8, 4) is 6.07 Å². The van der Waals surface area contributed by atoms with Crippen LogP contribution in [-0.4, -0.2) is 18.2 Å². The maximum atomic E-state index is 10.7. The number of allylic oxidation sites excluding steroid dienone is 1. The predicted molar refractivity (Wildman–Crippen MR) is 51.4 cm³/mol. The van der Waals surface area contributed by atoms with E-state index in [1.807, 2.05) is 13.8 Å². The van der Waals surface area contributed by atoms with Gasteiger partial charge in [-0.1, -0.05) is 13.8 Å². The number of aliphatic carboxylic acids is 1. The van der Waals surface area contributed by atoms with Crippen molar-refractivity contribution in [2.75, 3.05) is 7.11 Å². The standard InChI is InChI=1S/C10H15NO3/c1-4-7(5-2)9(14-3)8(6-11)10(12)13/h7H,4-5H2,1-3H3,(H,12,13)/b9-8-. The molecule has 0 fully saturated rings. The summed E-state index contributed by atoms with van der Waals surface area (Å²) >= 11 is 0. The van der Waals surface area contributed by atoms with Crippen molar-refractivity contribution in [1.82, 2.24) is 0 Å². The lowest BCUT2D eigenvalue weighted by molar-refractivity contribution is -0.132. The average molecular weight is 197 g/mol. The molecule has 0 aromatic rings. The molecule has 0 aliphatic rings. The molecule has 78 valence electrons. The summed E-state index contributed by atoms with van der Waals surface area (Å²) in [6.07, 6.45) is 1.52. The number of hydrogen-bond donors (Lipinski definition) is 1. The number of nitriles is 1. The van der Waals surface area contributed by atoms with Gasteiger partial charge in [0.1, 0.15) is 11.8 Å². The van der Waals surface area contributed by atoms with Crippen molar-refractivity contribution in [2.45, 2.75) is 26.7 Å². The topological polar surface area (TPSA) is 70.3 Å². The van der Waals surface area contributed by atoms with Crippen LogP contribution in [0.25, 0.3) is 0 Å². The van der Waals surface area contributed by atoms with Crippen LogP contribution >= 0.6 is 0 Å². The molecule has 0 aromatic carbocycles. The molecular weight excluding hydrogens is 182 g/mol. The average Bonchev–Trinajstić information content (AvgIpc) is 2.17. The molecule has 0 bridgehead atoms. The van der Waals surface area contributed by atoms with E-state index in [-0.39, 0.29) is 17.3 Å². The Morgan fingerprint density at radius 3 is 2.21 bits per heavy atom. The van der Waals surface area contributed by atoms with Gasteiger partial charge < -0.3 is 9.84 Å². The van der Waals surface area contributed by atoms with Crippen LogP contribution in [0.5, 0.6) is 0 Å². The maximum Gasteiger partial charge on any atom is 0.349 e. The third-order valence-corrected chi connectivity index (χ3v) is 2.15. The van der Waals surface area contributed by atoms with E-state index in [2.05, 4.69) is 0 Å². The van der Waals surface area contributed by atoms with E-state index < -0.39 is 5.97 Å². The number of rotatable bonds is 5. The van der Waals surface area contributed by atoms with E-state index in [0.29, 0.717) is 0 Å². The second kappa shape index (κ2) is 6.03. The molecule has 0 aromatic heterocycles. The Hall–Kier alpha value is -1.50. The Balaban J connectivity index is 5.18. The quantitative estimate of drug-likeness (QED) is 0.415. The number of carbonyl (C=O) groups is 1. The molecule has 14 heavy (non-hydrogen) atoms. The summed E-state index contributed by atoms with van der Waals surface area (Å²) in [7, 11) is 1.40. The molecule has 0 amide bonds. The van der Waals surface area contributed by atoms with E-state index in [9.17, 15) is 4.79 Å². The zero-order chi connectivity index (χ0) is 11.1. The SMILES string of the molecule is CCC(CC)/C(OC)=C(\C#N)C(=O)O. The first kappa shape index (κ1) is 12.5. The molecule has 1 N–H and O–H groups in total. The van der Waals surface area contributed by atoms with Gasteiger partial charge in [-0.15, -0.1) is 0 Å². The fourth-order valence-electron chi connectivity index (χ4n) is 1.34. The van der Waals surface area contributed by atoms with Crippen molar-refractivity contribution in [2.24, 2.45) is 5.92 Å². The fourth-order valence-corrected chi connectivity index (χ4v) is 1.34. The van der Waals surface area contributed by atoms with E-state index in [1.165, 1.54) is 7.11 Å². The Morgan fingerprint density at radius 1 is 1.50 bits per heavy atom. The van der Waals surface area contributed by atoms with Crippen LogP contribution in [0.3, 0.4) is 0 Å². The Kier molecular flexibility index (Phi) is 5.38. The smallest absolute Gasteiger partial charge is 0.349 e. The largest absolute Gasteiger partial charge is 0.499 e. The minimum Gasteiger partial charge on any atom is -0.499 e. The lowest BCUT2D eigenvalue weighted by atomic mass is 9.97. The number of carboxylic acid groups (broad SMARTS) is 1. The minimum absolute atomic E-state index is 0.00532. The van der Waals surface area contributed by atoms with Crippen LogP contribution in [0.1, 0.15) is 26.7 Å². The van der Waals surface area contributed by atoms with Crippen molar-refractivity contribution >= 4 is 5.97 Å². The molecule has 0 heterocycles. The first-order chi connectivity index (χ1) is 6.62. The number of carboxylic acids is 1. The normalized spacial score (nSPS) is 11.9. The lowest BCUT2D eigenvalue weighted by Gasteiger charge is -2.16. The van der Waals surface area contributed by atoms with Crippen molar-refractivity contribution < 1.29 is 14.6 Å². The fraction of sp³-hybridized carbons (Fsp3) is 0.600. The Morgan fingerprint density at radius 2 is 2.00 bits per heavy atom. The van der Waals surface area contributed by atoms with Crippen molar-refractivity contribution in [1.29, 1.82) is 5.26 Å². The summed E-state index contributed by atoms with van der Waals surface area (Å²) in [6.45, 7) is 3.87. The second-order valence-corrected chi connectivity index (χ2v) is 2.87. The van der Waals surface area contributed by atoms with Crippen LogP contribution in [0.15, 0.2) is 11.3 Å². The molecular formula is C10H15NO3. The van der Waals surface area contributed by atoms with Crippen LogP contribution < -0.4 is 0 Å². The first-order valence-electron chi connectivity index (χ1n) is 4.53. The van der Waals surface area contributed by atoms with Gasteiger partial charge in [0.25, 0.3) is 0 Å². The summed E-state index contributed by atoms with van der Waals surface area (Å²) < 4.78 is 4.98. The zero-order valence-corrected chi connectivity index (χ0v) is 8.70. The predicted octanol–water partition coefficient (Wildman–Crippen LogP) is 1.93. The van der Waals surface area contributed by atoms with Gasteiger partial charge in [-0.05, 0) is 12.8 Å². The number of nitrogens with zero attached hydrogens (tertiary/aromatic N) is 1. The number of hydrogen-bond acceptors (Lipinski definition) is 3. The third kappa shape index (κ3) is 2.77. The Bertz CT molecular complexity index is 272. The van der Waals surface area contributed by atoms with Gasteiger partial charge in [0, 0.05) is 5.92 Å². The Labute approximate surface area is 83.8 Å². The highest BCUT2D eigenvalue weighted by Gasteiger charge is 2.21. The zero-order valence-electron chi connectivity index (χ0n) is 8.70. The van der Waals surface area contributed by atoms with Gasteiger partial charge in [0.05, 0.1) is 7.11 Å². The molecule has 0 rings (SSSR count). The van der Waals surface area contributed by atoms with E-state index in [1.54, 1.807) is 6.07 Å². The summed E-state index contributed by atoms with van der Waals surface area (Å²) in [5.41, 5.74) is -0.291. The third-order valence-electron chi connectivity index (χ3n) is 2.15. The molecule has 0 atom stereocenters. The maximum absolute atomic E-state index is 10.7. The second-order valence-electron chi connectivity index (χ2n) is 2.87. The lowest BCUT2D eigenvalue weighted by Crippen LogP contribution is -2.11. The number of ether oxygens (including phenoxy) is 1. The molecule has 0 aliphatic heterocycles. The van der Waals surface area contributed by atoms with E-state index in [0.717, 1.165) is 12.8 Å². The molecule has 0 aliphatic carbocycles. The van der Waals surface area contributed by atoms with E-state index in [4.69, 9.17) is 15.1 Å². The summed E-state index contributed by atoms with van der Waals surface area (Å²) in [5.74, 6) is -0.938. The monoisotopic (exact) mass is 197 g/mol. The van der Waals surface area contributed by atoms with Crippen LogP contribution in [0.4, 0.5) is 0 Å². The summed E-state index contributed by atoms with van der Waals surface area (Å²) in [5, 5.41) is 17.4. The van der Waals surface area contributed by atoms with Crippen LogP contribution in [-0.2, 0) is 9.53 Å². The molecule has 0 unspecified atom stereocenters. The van der Waals surface area contributed by atoms with Crippen LogP contribution in [0.2, 0.25) is 0 Å². The molecule has 0 saturated carbocycles. The highest BCUT2D eigenvalue weighted by Crippen LogP contribution is 2.22. The molecule has 0 spiro atoms. The van der Waals surface area contributed by atoms with E-state index >= 15 is 0 Å². The molecule has 0 radical (unpaired) electrons. The number of methoxy groups -OCH3 is 1. The molecule has 4 nitrogen and oxygen atoms in total. The summed E-state index contributed by atoms with van der Waals surface area (Å²) in [4.78, 5) is 10.7. The highest BCUT2D eigenvalue weighted by molar-refractivity contribution is 5.91. The van der Waals surface area contributed by atoms with Crippen molar-refractivity contribution in [3.63, 3.8) is 0 Å². The van der Waals surface area contributed by atoms with Gasteiger partial charge in [0.2, 0.25) is 0 Å². The molecule has 0 saturated heterocycles. The van der Waals surface area contributed by atoms with Gasteiger partial charge in [-0.3, -0.25) is 0 Å². The van der Waals surface area contributed by atoms with Gasteiger partial charge >= 0.3 is 5.97 Å².